The maximum Gasteiger partial charge on any atom is 0.268 e. The monoisotopic (exact) mass is 409 g/mol. The molecule has 4 rings (SSSR count). The van der Waals surface area contributed by atoms with E-state index in [0.717, 1.165) is 29.6 Å². The number of thiophene rings is 1. The number of imidazole rings is 1. The van der Waals surface area contributed by atoms with Gasteiger partial charge in [-0.15, -0.1) is 11.3 Å². The molecular formula is C22H20FN3O2S. The molecule has 1 amide bonds. The highest BCUT2D eigenvalue weighted by atomic mass is 32.1. The number of benzene rings is 2. The Bertz CT molecular complexity index is 1150. The summed E-state index contributed by atoms with van der Waals surface area (Å²) in [5.74, 6) is 0.101. The lowest BCUT2D eigenvalue weighted by atomic mass is 10.3. The first-order chi connectivity index (χ1) is 14.2. The Kier molecular flexibility index (Phi) is 5.57. The molecule has 0 atom stereocenters. The van der Waals surface area contributed by atoms with Crippen LogP contribution in [0.25, 0.3) is 11.0 Å². The fourth-order valence-electron chi connectivity index (χ4n) is 3.08. The van der Waals surface area contributed by atoms with E-state index in [2.05, 4.69) is 17.2 Å². The van der Waals surface area contributed by atoms with Crippen LogP contribution < -0.4 is 10.1 Å². The Morgan fingerprint density at radius 2 is 2.00 bits per heavy atom. The van der Waals surface area contributed by atoms with Crippen molar-refractivity contribution in [2.24, 2.45) is 0 Å². The Labute approximate surface area is 171 Å². The second kappa shape index (κ2) is 8.45. The molecule has 0 saturated heterocycles. The van der Waals surface area contributed by atoms with E-state index in [4.69, 9.17) is 4.74 Å². The Balaban J connectivity index is 1.48. The molecule has 0 aliphatic carbocycles. The van der Waals surface area contributed by atoms with Crippen LogP contribution in [0.1, 0.15) is 28.6 Å². The van der Waals surface area contributed by atoms with Crippen LogP contribution in [0.15, 0.2) is 60.0 Å². The number of carbonyl (C=O) groups excluding carboxylic acids is 1. The molecule has 148 valence electrons. The fourth-order valence-corrected chi connectivity index (χ4v) is 3.87. The molecule has 0 aliphatic heterocycles. The topological polar surface area (TPSA) is 56.2 Å². The van der Waals surface area contributed by atoms with E-state index in [1.54, 1.807) is 24.3 Å². The number of aromatic nitrogens is 2. The van der Waals surface area contributed by atoms with E-state index < -0.39 is 5.82 Å². The average molecular weight is 409 g/mol. The lowest BCUT2D eigenvalue weighted by Crippen LogP contribution is -2.15. The molecule has 0 aliphatic rings. The summed E-state index contributed by atoms with van der Waals surface area (Å²) in [6, 6.07) is 15.8. The van der Waals surface area contributed by atoms with Gasteiger partial charge in [-0.2, -0.15) is 0 Å². The summed E-state index contributed by atoms with van der Waals surface area (Å²) in [6.07, 6.45) is 0.930. The largest absolute Gasteiger partial charge is 0.486 e. The number of anilines is 1. The molecule has 2 heterocycles. The van der Waals surface area contributed by atoms with Crippen LogP contribution in [0.4, 0.5) is 10.3 Å². The molecule has 4 aromatic rings. The van der Waals surface area contributed by atoms with Gasteiger partial charge in [-0.25, -0.2) is 9.37 Å². The molecule has 0 spiro atoms. The number of nitrogens with zero attached hydrogens (tertiary/aromatic N) is 2. The van der Waals surface area contributed by atoms with E-state index in [-0.39, 0.29) is 18.3 Å². The molecule has 0 saturated carbocycles. The van der Waals surface area contributed by atoms with Crippen molar-refractivity contribution in [3.05, 3.63) is 76.2 Å². The molecule has 1 N–H and O–H groups in total. The normalized spacial score (nSPS) is 11.0. The maximum atomic E-state index is 13.7. The number of halogens is 1. The summed E-state index contributed by atoms with van der Waals surface area (Å²) >= 11 is 1.32. The van der Waals surface area contributed by atoms with E-state index in [0.29, 0.717) is 10.8 Å². The van der Waals surface area contributed by atoms with Crippen LogP contribution in [0, 0.1) is 5.82 Å². The van der Waals surface area contributed by atoms with Gasteiger partial charge in [0.15, 0.2) is 11.6 Å². The Hall–Kier alpha value is -3.19. The number of aryl methyl sites for hydroxylation is 1. The number of fused-ring (bicyclic) bond motifs is 1. The van der Waals surface area contributed by atoms with Gasteiger partial charge in [-0.1, -0.05) is 31.2 Å². The molecule has 5 nitrogen and oxygen atoms in total. The zero-order valence-corrected chi connectivity index (χ0v) is 16.7. The van der Waals surface area contributed by atoms with E-state index in [1.807, 2.05) is 34.2 Å². The lowest BCUT2D eigenvalue weighted by Gasteiger charge is -2.08. The maximum absolute atomic E-state index is 13.7. The number of para-hydroxylation sites is 3. The van der Waals surface area contributed by atoms with Crippen LogP contribution in [-0.4, -0.2) is 15.5 Å². The predicted molar refractivity (Wildman–Crippen MR) is 113 cm³/mol. The van der Waals surface area contributed by atoms with Gasteiger partial charge in [0.25, 0.3) is 5.91 Å². The van der Waals surface area contributed by atoms with E-state index in [9.17, 15) is 9.18 Å². The van der Waals surface area contributed by atoms with Crippen molar-refractivity contribution in [1.82, 2.24) is 9.55 Å². The van der Waals surface area contributed by atoms with Gasteiger partial charge in [0, 0.05) is 12.1 Å². The van der Waals surface area contributed by atoms with Crippen LogP contribution in [0.3, 0.4) is 0 Å². The number of hydrogen-bond acceptors (Lipinski definition) is 4. The van der Waals surface area contributed by atoms with Crippen molar-refractivity contribution in [3.63, 3.8) is 0 Å². The Morgan fingerprint density at radius 3 is 2.83 bits per heavy atom. The van der Waals surface area contributed by atoms with Gasteiger partial charge in [-0.05, 0) is 42.1 Å². The van der Waals surface area contributed by atoms with Gasteiger partial charge in [0.2, 0.25) is 5.95 Å². The second-order valence-electron chi connectivity index (χ2n) is 6.57. The van der Waals surface area contributed by atoms with Gasteiger partial charge in [0.05, 0.1) is 15.9 Å². The minimum Gasteiger partial charge on any atom is -0.486 e. The fraction of sp³-hybridized carbons (Fsp3) is 0.182. The highest BCUT2D eigenvalue weighted by Crippen LogP contribution is 2.23. The van der Waals surface area contributed by atoms with Crippen LogP contribution in [0.5, 0.6) is 5.75 Å². The number of ether oxygens (including phenoxy) is 1. The predicted octanol–water partition coefficient (Wildman–Crippen LogP) is 5.48. The van der Waals surface area contributed by atoms with Crippen LogP contribution in [-0.2, 0) is 13.2 Å². The first-order valence-electron chi connectivity index (χ1n) is 9.37. The smallest absolute Gasteiger partial charge is 0.268 e. The number of hydrogen-bond donors (Lipinski definition) is 1. The Morgan fingerprint density at radius 1 is 1.21 bits per heavy atom. The first kappa shape index (κ1) is 19.1. The summed E-state index contributed by atoms with van der Waals surface area (Å²) in [5.41, 5.74) is 2.65. The minimum atomic E-state index is -0.407. The lowest BCUT2D eigenvalue weighted by molar-refractivity contribution is 0.102. The van der Waals surface area contributed by atoms with Crippen molar-refractivity contribution in [3.8, 4) is 5.75 Å². The second-order valence-corrected chi connectivity index (χ2v) is 7.48. The van der Waals surface area contributed by atoms with Crippen molar-refractivity contribution < 1.29 is 13.9 Å². The van der Waals surface area contributed by atoms with Gasteiger partial charge >= 0.3 is 0 Å². The standard InChI is InChI=1S/C22H20FN3O2S/c1-2-11-26-18-9-5-4-8-17(18)24-22(26)25-21(27)20-12-15(14-29-20)13-28-19-10-6-3-7-16(19)23/h3-10,12,14H,2,11,13H2,1H3,(H,24,25,27). The van der Waals surface area contributed by atoms with Crippen molar-refractivity contribution in [1.29, 1.82) is 0 Å². The average Bonchev–Trinajstić information content (AvgIpc) is 3.33. The SMILES string of the molecule is CCCn1c(NC(=O)c2cc(COc3ccccc3F)cs2)nc2ccccc21. The molecule has 7 heteroatoms. The molecule has 0 fully saturated rings. The van der Waals surface area contributed by atoms with Crippen molar-refractivity contribution in [2.45, 2.75) is 26.5 Å². The quantitative estimate of drug-likeness (QED) is 0.440. The zero-order valence-electron chi connectivity index (χ0n) is 15.9. The third-order valence-corrected chi connectivity index (χ3v) is 5.41. The first-order valence-corrected chi connectivity index (χ1v) is 10.2. The van der Waals surface area contributed by atoms with Gasteiger partial charge < -0.3 is 9.30 Å². The van der Waals surface area contributed by atoms with E-state index in [1.165, 1.54) is 17.4 Å². The number of carbonyl (C=O) groups is 1. The van der Waals surface area contributed by atoms with Crippen molar-refractivity contribution >= 4 is 34.2 Å². The molecule has 29 heavy (non-hydrogen) atoms. The van der Waals surface area contributed by atoms with Gasteiger partial charge in [-0.3, -0.25) is 10.1 Å². The molecular weight excluding hydrogens is 389 g/mol. The highest BCUT2D eigenvalue weighted by molar-refractivity contribution is 7.12. The summed E-state index contributed by atoms with van der Waals surface area (Å²) in [6.45, 7) is 3.04. The van der Waals surface area contributed by atoms with Crippen LogP contribution in [0.2, 0.25) is 0 Å². The highest BCUT2D eigenvalue weighted by Gasteiger charge is 2.15. The molecule has 2 aromatic heterocycles. The number of amides is 1. The summed E-state index contributed by atoms with van der Waals surface area (Å²) in [5, 5.41) is 4.76. The molecule has 0 bridgehead atoms. The van der Waals surface area contributed by atoms with Gasteiger partial charge in [0.1, 0.15) is 6.61 Å². The number of nitrogens with one attached hydrogen (secondary N) is 1. The zero-order chi connectivity index (χ0) is 20.2. The molecule has 2 aromatic carbocycles. The third-order valence-electron chi connectivity index (χ3n) is 4.44. The molecule has 0 radical (unpaired) electrons. The summed E-state index contributed by atoms with van der Waals surface area (Å²) in [7, 11) is 0. The molecule has 0 unspecified atom stereocenters. The minimum absolute atomic E-state index is 0.193. The van der Waals surface area contributed by atoms with Crippen molar-refractivity contribution in [2.75, 3.05) is 5.32 Å². The summed E-state index contributed by atoms with van der Waals surface area (Å²) < 4.78 is 21.2. The number of rotatable bonds is 7. The van der Waals surface area contributed by atoms with E-state index >= 15 is 0 Å². The van der Waals surface area contributed by atoms with Crippen LogP contribution >= 0.6 is 11.3 Å². The summed E-state index contributed by atoms with van der Waals surface area (Å²) in [4.78, 5) is 17.8. The third kappa shape index (κ3) is 4.14.